The van der Waals surface area contributed by atoms with Crippen LogP contribution in [0, 0.1) is 6.92 Å². The fourth-order valence-electron chi connectivity index (χ4n) is 2.25. The maximum absolute atomic E-state index is 12.8. The lowest BCUT2D eigenvalue weighted by atomic mass is 10.1. The van der Waals surface area contributed by atoms with Crippen molar-refractivity contribution in [2.45, 2.75) is 18.4 Å². The molecule has 0 radical (unpaired) electrons. The zero-order valence-electron chi connectivity index (χ0n) is 12.5. The second-order valence-corrected chi connectivity index (χ2v) is 6.82. The quantitative estimate of drug-likeness (QED) is 0.923. The summed E-state index contributed by atoms with van der Waals surface area (Å²) in [5.74, 6) is 0. The maximum Gasteiger partial charge on any atom is 0.264 e. The Bertz CT molecular complexity index is 712. The molecule has 0 aliphatic rings. The molecule has 0 amide bonds. The van der Waals surface area contributed by atoms with E-state index in [2.05, 4.69) is 5.32 Å². The standard InChI is InChI=1S/C16H20N2O2S/c1-13-14(12-17-2)8-7-11-16(13)21(19,20)18(3)15-9-5-4-6-10-15/h4-11,17H,12H2,1-3H3. The number of rotatable bonds is 5. The van der Waals surface area contributed by atoms with E-state index in [0.29, 0.717) is 17.1 Å². The highest BCUT2D eigenvalue weighted by Crippen LogP contribution is 2.25. The van der Waals surface area contributed by atoms with Crippen LogP contribution < -0.4 is 9.62 Å². The van der Waals surface area contributed by atoms with Gasteiger partial charge < -0.3 is 5.32 Å². The fraction of sp³-hybridized carbons (Fsp3) is 0.250. The Balaban J connectivity index is 2.47. The van der Waals surface area contributed by atoms with Crippen molar-refractivity contribution in [3.8, 4) is 0 Å². The lowest BCUT2D eigenvalue weighted by Crippen LogP contribution is -2.27. The van der Waals surface area contributed by atoms with Crippen LogP contribution in [0.3, 0.4) is 0 Å². The molecule has 0 heterocycles. The number of hydrogen-bond acceptors (Lipinski definition) is 3. The van der Waals surface area contributed by atoms with Gasteiger partial charge in [-0.05, 0) is 43.3 Å². The number of hydrogen-bond donors (Lipinski definition) is 1. The van der Waals surface area contributed by atoms with Gasteiger partial charge in [0.2, 0.25) is 0 Å². The Morgan fingerprint density at radius 2 is 1.71 bits per heavy atom. The molecule has 0 saturated carbocycles. The highest BCUT2D eigenvalue weighted by molar-refractivity contribution is 7.92. The lowest BCUT2D eigenvalue weighted by Gasteiger charge is -2.21. The van der Waals surface area contributed by atoms with Crippen molar-refractivity contribution >= 4 is 15.7 Å². The third kappa shape index (κ3) is 3.09. The van der Waals surface area contributed by atoms with E-state index in [1.165, 1.54) is 4.31 Å². The largest absolute Gasteiger partial charge is 0.316 e. The first kappa shape index (κ1) is 15.5. The molecule has 0 aromatic heterocycles. The van der Waals surface area contributed by atoms with E-state index in [1.807, 2.05) is 38.2 Å². The van der Waals surface area contributed by atoms with Gasteiger partial charge in [0, 0.05) is 13.6 Å². The van der Waals surface area contributed by atoms with Gasteiger partial charge >= 0.3 is 0 Å². The minimum absolute atomic E-state index is 0.349. The van der Waals surface area contributed by atoms with Crippen LogP contribution in [0.4, 0.5) is 5.69 Å². The predicted octanol–water partition coefficient (Wildman–Crippen LogP) is 2.54. The zero-order chi connectivity index (χ0) is 15.5. The van der Waals surface area contributed by atoms with E-state index in [4.69, 9.17) is 0 Å². The summed E-state index contributed by atoms with van der Waals surface area (Å²) >= 11 is 0. The van der Waals surface area contributed by atoms with Crippen LogP contribution in [-0.2, 0) is 16.6 Å². The van der Waals surface area contributed by atoms with E-state index in [1.54, 1.807) is 31.3 Å². The number of nitrogens with zero attached hydrogens (tertiary/aromatic N) is 1. The first-order chi connectivity index (χ1) is 9.98. The molecule has 2 aromatic rings. The molecule has 4 nitrogen and oxygen atoms in total. The SMILES string of the molecule is CNCc1cccc(S(=O)(=O)N(C)c2ccccc2)c1C. The second-order valence-electron chi connectivity index (χ2n) is 4.88. The Kier molecular flexibility index (Phi) is 4.65. The number of sulfonamides is 1. The monoisotopic (exact) mass is 304 g/mol. The van der Waals surface area contributed by atoms with Crippen LogP contribution in [-0.4, -0.2) is 22.5 Å². The molecule has 1 N–H and O–H groups in total. The van der Waals surface area contributed by atoms with Crippen LogP contribution in [0.25, 0.3) is 0 Å². The van der Waals surface area contributed by atoms with E-state index in [-0.39, 0.29) is 0 Å². The molecule has 0 fully saturated rings. The van der Waals surface area contributed by atoms with Crippen LogP contribution in [0.5, 0.6) is 0 Å². The number of para-hydroxylation sites is 1. The van der Waals surface area contributed by atoms with E-state index >= 15 is 0 Å². The van der Waals surface area contributed by atoms with Crippen LogP contribution in [0.1, 0.15) is 11.1 Å². The fourth-order valence-corrected chi connectivity index (χ4v) is 3.71. The zero-order valence-corrected chi connectivity index (χ0v) is 13.3. The highest BCUT2D eigenvalue weighted by atomic mass is 32.2. The molecule has 0 atom stereocenters. The molecule has 0 aliphatic carbocycles. The lowest BCUT2D eigenvalue weighted by molar-refractivity contribution is 0.593. The summed E-state index contributed by atoms with van der Waals surface area (Å²) in [5.41, 5.74) is 2.42. The highest BCUT2D eigenvalue weighted by Gasteiger charge is 2.23. The minimum atomic E-state index is -3.56. The van der Waals surface area contributed by atoms with Crippen molar-refractivity contribution in [2.24, 2.45) is 0 Å². The van der Waals surface area contributed by atoms with Crippen molar-refractivity contribution in [3.05, 3.63) is 59.7 Å². The summed E-state index contributed by atoms with van der Waals surface area (Å²) in [7, 11) is -0.136. The van der Waals surface area contributed by atoms with Gasteiger partial charge in [-0.2, -0.15) is 0 Å². The number of benzene rings is 2. The van der Waals surface area contributed by atoms with Crippen molar-refractivity contribution in [1.82, 2.24) is 5.32 Å². The normalized spacial score (nSPS) is 11.4. The van der Waals surface area contributed by atoms with E-state index < -0.39 is 10.0 Å². The third-order valence-electron chi connectivity index (χ3n) is 3.52. The second kappa shape index (κ2) is 6.28. The average Bonchev–Trinajstić information content (AvgIpc) is 2.49. The summed E-state index contributed by atoms with van der Waals surface area (Å²) < 4.78 is 26.9. The summed E-state index contributed by atoms with van der Waals surface area (Å²) in [6.07, 6.45) is 0. The van der Waals surface area contributed by atoms with Crippen molar-refractivity contribution < 1.29 is 8.42 Å². The first-order valence-corrected chi connectivity index (χ1v) is 8.19. The summed E-state index contributed by atoms with van der Waals surface area (Å²) in [6, 6.07) is 14.5. The molecule has 5 heteroatoms. The number of nitrogens with one attached hydrogen (secondary N) is 1. The molecule has 0 saturated heterocycles. The molecular formula is C16H20N2O2S. The Labute approximate surface area is 126 Å². The Morgan fingerprint density at radius 3 is 2.33 bits per heavy atom. The summed E-state index contributed by atoms with van der Waals surface area (Å²) in [5, 5.41) is 3.06. The molecule has 0 spiro atoms. The van der Waals surface area contributed by atoms with Crippen LogP contribution in [0.15, 0.2) is 53.4 Å². The van der Waals surface area contributed by atoms with Crippen molar-refractivity contribution in [3.63, 3.8) is 0 Å². The molecule has 0 aliphatic heterocycles. The smallest absolute Gasteiger partial charge is 0.264 e. The summed E-state index contributed by atoms with van der Waals surface area (Å²) in [6.45, 7) is 2.49. The molecule has 0 bridgehead atoms. The predicted molar refractivity (Wildman–Crippen MR) is 86.0 cm³/mol. The van der Waals surface area contributed by atoms with Gasteiger partial charge in [0.25, 0.3) is 10.0 Å². The third-order valence-corrected chi connectivity index (χ3v) is 5.45. The molecular weight excluding hydrogens is 284 g/mol. The topological polar surface area (TPSA) is 49.4 Å². The van der Waals surface area contributed by atoms with Gasteiger partial charge in [-0.3, -0.25) is 4.31 Å². The molecule has 2 rings (SSSR count). The van der Waals surface area contributed by atoms with Gasteiger partial charge in [-0.1, -0.05) is 30.3 Å². The minimum Gasteiger partial charge on any atom is -0.316 e. The summed E-state index contributed by atoms with van der Waals surface area (Å²) in [4.78, 5) is 0.349. The Hall–Kier alpha value is -1.85. The average molecular weight is 304 g/mol. The first-order valence-electron chi connectivity index (χ1n) is 6.75. The van der Waals surface area contributed by atoms with Gasteiger partial charge in [0.05, 0.1) is 10.6 Å². The van der Waals surface area contributed by atoms with Crippen molar-refractivity contribution in [1.29, 1.82) is 0 Å². The van der Waals surface area contributed by atoms with E-state index in [9.17, 15) is 8.42 Å². The molecule has 21 heavy (non-hydrogen) atoms. The van der Waals surface area contributed by atoms with Gasteiger partial charge in [0.15, 0.2) is 0 Å². The molecule has 2 aromatic carbocycles. The van der Waals surface area contributed by atoms with Gasteiger partial charge in [0.1, 0.15) is 0 Å². The van der Waals surface area contributed by atoms with Crippen LogP contribution >= 0.6 is 0 Å². The van der Waals surface area contributed by atoms with E-state index in [0.717, 1.165) is 11.1 Å². The molecule has 0 unspecified atom stereocenters. The van der Waals surface area contributed by atoms with Crippen LogP contribution in [0.2, 0.25) is 0 Å². The van der Waals surface area contributed by atoms with Gasteiger partial charge in [-0.25, -0.2) is 8.42 Å². The maximum atomic E-state index is 12.8. The van der Waals surface area contributed by atoms with Crippen molar-refractivity contribution in [2.75, 3.05) is 18.4 Å². The molecule has 112 valence electrons. The Morgan fingerprint density at radius 1 is 1.05 bits per heavy atom. The number of anilines is 1. The van der Waals surface area contributed by atoms with Gasteiger partial charge in [-0.15, -0.1) is 0 Å².